The van der Waals surface area contributed by atoms with Gasteiger partial charge in [0, 0.05) is 6.42 Å². The second kappa shape index (κ2) is 12.6. The molecule has 2 rings (SSSR count). The van der Waals surface area contributed by atoms with E-state index in [9.17, 15) is 0 Å². The number of hydrogen-bond acceptors (Lipinski definition) is 6. The first-order valence-electron chi connectivity index (χ1n) is 16.8. The van der Waals surface area contributed by atoms with Gasteiger partial charge in [-0.05, 0) is 78.9 Å². The molecule has 2 fully saturated rings. The van der Waals surface area contributed by atoms with Crippen molar-refractivity contribution in [1.29, 1.82) is 0 Å². The van der Waals surface area contributed by atoms with E-state index in [1.807, 2.05) is 0 Å². The van der Waals surface area contributed by atoms with Crippen LogP contribution < -0.4 is 0 Å². The zero-order valence-electron chi connectivity index (χ0n) is 32.1. The third-order valence-corrected chi connectivity index (χ3v) is 29.8. The van der Waals surface area contributed by atoms with Gasteiger partial charge in [0.1, 0.15) is 24.4 Å². The summed E-state index contributed by atoms with van der Waals surface area (Å²) in [6.07, 6.45) is 0.355. The summed E-state index contributed by atoms with van der Waals surface area (Å²) >= 11 is 0. The molecular formula is C33H72O6Si4. The van der Waals surface area contributed by atoms with Gasteiger partial charge in [0.2, 0.25) is 0 Å². The third kappa shape index (κ3) is 8.76. The minimum atomic E-state index is -2.28. The van der Waals surface area contributed by atoms with Crippen molar-refractivity contribution < 1.29 is 27.2 Å². The summed E-state index contributed by atoms with van der Waals surface area (Å²) < 4.78 is 43.2. The standard InChI is InChI=1S/C33H72O6Si4/c1-29(2,3)40(13,14)35-24-25-26(37-41(15,16)30(4,5)6)27(38-42(17,18)31(7,8)9)28(33(36-25)22-21-23-34-33)39-43(19,20)32(10,11)12/h25-28H,21-24H2,1-20H3/t25-,26+,27+,28-,33-/m1/s1. The Labute approximate surface area is 271 Å². The second-order valence-electron chi connectivity index (χ2n) is 19.5. The molecule has 0 aromatic carbocycles. The number of rotatable bonds is 9. The Kier molecular flexibility index (Phi) is 11.6. The van der Waals surface area contributed by atoms with Crippen LogP contribution in [-0.2, 0) is 27.2 Å². The molecule has 10 heteroatoms. The third-order valence-electron chi connectivity index (χ3n) is 11.9. The van der Waals surface area contributed by atoms with Crippen LogP contribution in [0.15, 0.2) is 0 Å². The van der Waals surface area contributed by atoms with Crippen LogP contribution in [-0.4, -0.2) is 76.7 Å². The van der Waals surface area contributed by atoms with Crippen LogP contribution in [0.4, 0.5) is 0 Å². The maximum Gasteiger partial charge on any atom is 0.196 e. The summed E-state index contributed by atoms with van der Waals surface area (Å²) in [5.74, 6) is -0.878. The van der Waals surface area contributed by atoms with Gasteiger partial charge in [0.05, 0.1) is 13.2 Å². The van der Waals surface area contributed by atoms with Gasteiger partial charge in [-0.15, -0.1) is 0 Å². The van der Waals surface area contributed by atoms with Crippen molar-refractivity contribution in [3.8, 4) is 0 Å². The van der Waals surface area contributed by atoms with Crippen molar-refractivity contribution in [1.82, 2.24) is 0 Å². The van der Waals surface area contributed by atoms with Crippen LogP contribution in [0.1, 0.15) is 95.9 Å². The molecule has 2 saturated heterocycles. The van der Waals surface area contributed by atoms with Crippen LogP contribution in [0.2, 0.25) is 72.5 Å². The predicted molar refractivity (Wildman–Crippen MR) is 192 cm³/mol. The van der Waals surface area contributed by atoms with E-state index in [0.717, 1.165) is 12.8 Å². The Hall–Kier alpha value is 0.628. The fraction of sp³-hybridized carbons (Fsp3) is 1.00. The normalized spacial score (nSPS) is 29.0. The van der Waals surface area contributed by atoms with Crippen LogP contribution in [0.25, 0.3) is 0 Å². The van der Waals surface area contributed by atoms with Crippen molar-refractivity contribution in [2.45, 2.75) is 199 Å². The fourth-order valence-electron chi connectivity index (χ4n) is 4.57. The SMILES string of the molecule is CC(C)(C)[Si](C)(C)OC[C@H]1O[C@]2(CCCO2)[C@H](O[Si](C)(C)C(C)(C)C)[C@@H](O[Si](C)(C)C(C)(C)C)[C@H]1O[Si](C)(C)C(C)(C)C. The number of hydrogen-bond donors (Lipinski definition) is 0. The highest BCUT2D eigenvalue weighted by Gasteiger charge is 2.63. The van der Waals surface area contributed by atoms with E-state index in [-0.39, 0.29) is 44.6 Å². The lowest BCUT2D eigenvalue weighted by Crippen LogP contribution is -2.72. The molecule has 256 valence electrons. The van der Waals surface area contributed by atoms with Crippen molar-refractivity contribution in [2.24, 2.45) is 0 Å². The molecule has 0 unspecified atom stereocenters. The zero-order chi connectivity index (χ0) is 33.9. The van der Waals surface area contributed by atoms with Gasteiger partial charge in [-0.3, -0.25) is 0 Å². The molecule has 5 atom stereocenters. The van der Waals surface area contributed by atoms with Gasteiger partial charge >= 0.3 is 0 Å². The lowest BCUT2D eigenvalue weighted by molar-refractivity contribution is -0.341. The van der Waals surface area contributed by atoms with Crippen molar-refractivity contribution in [3.05, 3.63) is 0 Å². The lowest BCUT2D eigenvalue weighted by atomic mass is 9.91. The molecule has 0 saturated carbocycles. The summed E-state index contributed by atoms with van der Waals surface area (Å²) in [4.78, 5) is 0. The van der Waals surface area contributed by atoms with Gasteiger partial charge in [0.25, 0.3) is 0 Å². The zero-order valence-corrected chi connectivity index (χ0v) is 36.1. The van der Waals surface area contributed by atoms with Gasteiger partial charge in [-0.25, -0.2) is 0 Å². The molecule has 2 heterocycles. The highest BCUT2D eigenvalue weighted by molar-refractivity contribution is 6.75. The maximum absolute atomic E-state index is 7.53. The summed E-state index contributed by atoms with van der Waals surface area (Å²) in [6.45, 7) is 47.4. The van der Waals surface area contributed by atoms with E-state index in [2.05, 4.69) is 135 Å². The van der Waals surface area contributed by atoms with E-state index in [0.29, 0.717) is 13.2 Å². The van der Waals surface area contributed by atoms with Gasteiger partial charge in [-0.1, -0.05) is 83.1 Å². The first-order chi connectivity index (χ1) is 18.8. The molecule has 0 aromatic heterocycles. The Balaban J connectivity index is 2.81. The quantitative estimate of drug-likeness (QED) is 0.227. The summed E-state index contributed by atoms with van der Waals surface area (Å²) in [5.41, 5.74) is 0. The van der Waals surface area contributed by atoms with Crippen molar-refractivity contribution in [2.75, 3.05) is 13.2 Å². The monoisotopic (exact) mass is 676 g/mol. The largest absolute Gasteiger partial charge is 0.414 e. The van der Waals surface area contributed by atoms with Crippen LogP contribution in [0.5, 0.6) is 0 Å². The molecule has 0 bridgehead atoms. The average Bonchev–Trinajstić information content (AvgIpc) is 3.22. The van der Waals surface area contributed by atoms with Crippen LogP contribution in [0, 0.1) is 0 Å². The van der Waals surface area contributed by atoms with E-state index in [1.165, 1.54) is 0 Å². The van der Waals surface area contributed by atoms with Gasteiger partial charge in [-0.2, -0.15) is 0 Å². The molecular weight excluding hydrogens is 605 g/mol. The van der Waals surface area contributed by atoms with E-state index in [4.69, 9.17) is 27.2 Å². The topological polar surface area (TPSA) is 55.4 Å². The maximum atomic E-state index is 7.53. The predicted octanol–water partition coefficient (Wildman–Crippen LogP) is 10.1. The molecule has 0 aromatic rings. The van der Waals surface area contributed by atoms with Gasteiger partial charge < -0.3 is 27.2 Å². The average molecular weight is 677 g/mol. The molecule has 6 nitrogen and oxygen atoms in total. The van der Waals surface area contributed by atoms with E-state index < -0.39 is 39.1 Å². The summed E-state index contributed by atoms with van der Waals surface area (Å²) in [6, 6.07) is 0. The smallest absolute Gasteiger partial charge is 0.196 e. The van der Waals surface area contributed by atoms with Gasteiger partial charge in [0.15, 0.2) is 39.1 Å². The Morgan fingerprint density at radius 2 is 0.977 bits per heavy atom. The van der Waals surface area contributed by atoms with E-state index >= 15 is 0 Å². The van der Waals surface area contributed by atoms with Crippen molar-refractivity contribution >= 4 is 33.3 Å². The summed E-state index contributed by atoms with van der Waals surface area (Å²) in [5, 5.41) is 0.149. The highest BCUT2D eigenvalue weighted by atomic mass is 28.4. The van der Waals surface area contributed by atoms with Crippen LogP contribution in [0.3, 0.4) is 0 Å². The Morgan fingerprint density at radius 3 is 1.35 bits per heavy atom. The molecule has 0 N–H and O–H groups in total. The first-order valence-corrected chi connectivity index (χ1v) is 28.4. The molecule has 1 spiro atoms. The molecule has 0 amide bonds. The molecule has 2 aliphatic rings. The Bertz CT molecular complexity index is 931. The highest BCUT2D eigenvalue weighted by Crippen LogP contribution is 2.50. The Morgan fingerprint density at radius 1 is 0.581 bits per heavy atom. The lowest BCUT2D eigenvalue weighted by Gasteiger charge is -2.57. The minimum Gasteiger partial charge on any atom is -0.414 e. The number of ether oxygens (including phenoxy) is 2. The minimum absolute atomic E-state index is 0.0190. The van der Waals surface area contributed by atoms with Crippen LogP contribution >= 0.6 is 0 Å². The summed E-state index contributed by atoms with van der Waals surface area (Å²) in [7, 11) is -8.86. The fourth-order valence-corrected chi connectivity index (χ4v) is 9.50. The molecule has 2 aliphatic heterocycles. The molecule has 0 aliphatic carbocycles. The second-order valence-corrected chi connectivity index (χ2v) is 38.6. The molecule has 43 heavy (non-hydrogen) atoms. The molecule has 0 radical (unpaired) electrons. The van der Waals surface area contributed by atoms with Crippen molar-refractivity contribution in [3.63, 3.8) is 0 Å². The van der Waals surface area contributed by atoms with E-state index in [1.54, 1.807) is 0 Å². The first kappa shape index (κ1) is 39.8.